The number of benzene rings is 1. The fourth-order valence-corrected chi connectivity index (χ4v) is 2.71. The number of nitrogens with zero attached hydrogens (tertiary/aromatic N) is 1. The Kier molecular flexibility index (Phi) is 5.31. The SMILES string of the molecule is CC(c1ccc(OC(F)F)cc1)N1CCC(CN)CC1. The summed E-state index contributed by atoms with van der Waals surface area (Å²) in [7, 11) is 0. The van der Waals surface area contributed by atoms with Gasteiger partial charge in [0.05, 0.1) is 0 Å². The van der Waals surface area contributed by atoms with Gasteiger partial charge in [-0.05, 0) is 63.0 Å². The third kappa shape index (κ3) is 3.90. The first-order valence-electron chi connectivity index (χ1n) is 7.09. The third-order valence-corrected chi connectivity index (χ3v) is 4.12. The Bertz CT molecular complexity index is 403. The van der Waals surface area contributed by atoms with Crippen molar-refractivity contribution in [3.63, 3.8) is 0 Å². The topological polar surface area (TPSA) is 38.5 Å². The number of piperidine rings is 1. The van der Waals surface area contributed by atoms with Gasteiger partial charge in [0.1, 0.15) is 5.75 Å². The average molecular weight is 284 g/mol. The minimum Gasteiger partial charge on any atom is -0.435 e. The van der Waals surface area contributed by atoms with Crippen molar-refractivity contribution in [3.05, 3.63) is 29.8 Å². The van der Waals surface area contributed by atoms with E-state index in [4.69, 9.17) is 5.73 Å². The lowest BCUT2D eigenvalue weighted by Crippen LogP contribution is -2.37. The van der Waals surface area contributed by atoms with Crippen molar-refractivity contribution in [2.75, 3.05) is 19.6 Å². The van der Waals surface area contributed by atoms with E-state index in [1.807, 2.05) is 12.1 Å². The van der Waals surface area contributed by atoms with E-state index in [0.717, 1.165) is 38.0 Å². The van der Waals surface area contributed by atoms with E-state index < -0.39 is 6.61 Å². The molecule has 1 heterocycles. The van der Waals surface area contributed by atoms with Crippen molar-refractivity contribution in [2.24, 2.45) is 11.7 Å². The Balaban J connectivity index is 1.94. The van der Waals surface area contributed by atoms with E-state index in [-0.39, 0.29) is 11.8 Å². The highest BCUT2D eigenvalue weighted by Crippen LogP contribution is 2.27. The first-order chi connectivity index (χ1) is 9.60. The lowest BCUT2D eigenvalue weighted by Gasteiger charge is -2.36. The van der Waals surface area contributed by atoms with E-state index in [2.05, 4.69) is 16.6 Å². The normalized spacial score (nSPS) is 19.2. The largest absolute Gasteiger partial charge is 0.435 e. The van der Waals surface area contributed by atoms with Crippen molar-refractivity contribution in [1.29, 1.82) is 0 Å². The maximum atomic E-state index is 12.1. The number of rotatable bonds is 5. The molecular weight excluding hydrogens is 262 g/mol. The molecule has 1 atom stereocenters. The lowest BCUT2D eigenvalue weighted by atomic mass is 9.95. The number of hydrogen-bond donors (Lipinski definition) is 1. The highest BCUT2D eigenvalue weighted by atomic mass is 19.3. The Morgan fingerprint density at radius 2 is 1.85 bits per heavy atom. The molecule has 1 aromatic carbocycles. The Morgan fingerprint density at radius 1 is 1.25 bits per heavy atom. The molecule has 0 radical (unpaired) electrons. The van der Waals surface area contributed by atoms with Gasteiger partial charge in [0.15, 0.2) is 0 Å². The van der Waals surface area contributed by atoms with Crippen LogP contribution in [0.15, 0.2) is 24.3 Å². The van der Waals surface area contributed by atoms with Gasteiger partial charge < -0.3 is 10.5 Å². The van der Waals surface area contributed by atoms with Crippen LogP contribution in [0.2, 0.25) is 0 Å². The molecule has 1 aliphatic rings. The van der Waals surface area contributed by atoms with Crippen LogP contribution < -0.4 is 10.5 Å². The van der Waals surface area contributed by atoms with Crippen molar-refractivity contribution < 1.29 is 13.5 Å². The number of halogens is 2. The van der Waals surface area contributed by atoms with Gasteiger partial charge in [-0.3, -0.25) is 4.90 Å². The Labute approximate surface area is 118 Å². The van der Waals surface area contributed by atoms with E-state index >= 15 is 0 Å². The molecule has 0 bridgehead atoms. The van der Waals surface area contributed by atoms with Crippen molar-refractivity contribution in [2.45, 2.75) is 32.4 Å². The summed E-state index contributed by atoms with van der Waals surface area (Å²) in [5.41, 5.74) is 6.82. The molecule has 112 valence electrons. The molecular formula is C15H22F2N2O. The summed E-state index contributed by atoms with van der Waals surface area (Å²) in [6.07, 6.45) is 2.26. The van der Waals surface area contributed by atoms with Gasteiger partial charge in [0, 0.05) is 6.04 Å². The number of ether oxygens (including phenoxy) is 1. The minimum atomic E-state index is -2.77. The van der Waals surface area contributed by atoms with Gasteiger partial charge in [0.25, 0.3) is 0 Å². The van der Waals surface area contributed by atoms with Gasteiger partial charge in [-0.2, -0.15) is 8.78 Å². The predicted molar refractivity (Wildman–Crippen MR) is 74.8 cm³/mol. The van der Waals surface area contributed by atoms with Crippen LogP contribution in [0.25, 0.3) is 0 Å². The van der Waals surface area contributed by atoms with E-state index in [9.17, 15) is 8.78 Å². The summed E-state index contributed by atoms with van der Waals surface area (Å²) in [6.45, 7) is 2.22. The lowest BCUT2D eigenvalue weighted by molar-refractivity contribution is -0.0498. The van der Waals surface area contributed by atoms with Gasteiger partial charge in [0.2, 0.25) is 0 Å². The molecule has 0 amide bonds. The highest BCUT2D eigenvalue weighted by Gasteiger charge is 2.22. The third-order valence-electron chi connectivity index (χ3n) is 4.12. The van der Waals surface area contributed by atoms with Crippen LogP contribution in [0.1, 0.15) is 31.4 Å². The maximum Gasteiger partial charge on any atom is 0.387 e. The number of alkyl halides is 2. The van der Waals surface area contributed by atoms with Crippen LogP contribution in [0.3, 0.4) is 0 Å². The summed E-state index contributed by atoms with van der Waals surface area (Å²) in [5.74, 6) is 0.845. The summed E-state index contributed by atoms with van der Waals surface area (Å²) in [4.78, 5) is 2.41. The fourth-order valence-electron chi connectivity index (χ4n) is 2.71. The molecule has 0 aliphatic carbocycles. The summed E-state index contributed by atoms with van der Waals surface area (Å²) in [6, 6.07) is 7.21. The van der Waals surface area contributed by atoms with Crippen LogP contribution >= 0.6 is 0 Å². The second kappa shape index (κ2) is 6.99. The van der Waals surface area contributed by atoms with Crippen LogP contribution in [-0.2, 0) is 0 Å². The Morgan fingerprint density at radius 3 is 2.35 bits per heavy atom. The van der Waals surface area contributed by atoms with Crippen LogP contribution in [0.5, 0.6) is 5.75 Å². The van der Waals surface area contributed by atoms with Crippen LogP contribution in [0.4, 0.5) is 8.78 Å². The fraction of sp³-hybridized carbons (Fsp3) is 0.600. The number of nitrogens with two attached hydrogens (primary N) is 1. The average Bonchev–Trinajstić information content (AvgIpc) is 2.47. The van der Waals surface area contributed by atoms with Crippen molar-refractivity contribution in [1.82, 2.24) is 4.90 Å². The molecule has 0 saturated carbocycles. The summed E-state index contributed by atoms with van der Waals surface area (Å²) < 4.78 is 28.6. The molecule has 1 saturated heterocycles. The van der Waals surface area contributed by atoms with E-state index in [1.165, 1.54) is 0 Å². The first-order valence-corrected chi connectivity index (χ1v) is 7.09. The highest BCUT2D eigenvalue weighted by molar-refractivity contribution is 5.29. The van der Waals surface area contributed by atoms with E-state index in [0.29, 0.717) is 5.92 Å². The van der Waals surface area contributed by atoms with Gasteiger partial charge >= 0.3 is 6.61 Å². The zero-order valence-corrected chi connectivity index (χ0v) is 11.8. The molecule has 1 unspecified atom stereocenters. The van der Waals surface area contributed by atoms with Gasteiger partial charge in [-0.1, -0.05) is 12.1 Å². The quantitative estimate of drug-likeness (QED) is 0.903. The van der Waals surface area contributed by atoms with Gasteiger partial charge in [-0.15, -0.1) is 0 Å². The Hall–Kier alpha value is -1.20. The molecule has 0 spiro atoms. The second-order valence-electron chi connectivity index (χ2n) is 5.34. The monoisotopic (exact) mass is 284 g/mol. The molecule has 1 fully saturated rings. The molecule has 1 aromatic rings. The molecule has 1 aliphatic heterocycles. The van der Waals surface area contributed by atoms with Crippen LogP contribution in [-0.4, -0.2) is 31.1 Å². The molecule has 2 N–H and O–H groups in total. The molecule has 20 heavy (non-hydrogen) atoms. The molecule has 5 heteroatoms. The standard InChI is InChI=1S/C15H22F2N2O/c1-11(19-8-6-12(10-18)7-9-19)13-2-4-14(5-3-13)20-15(16)17/h2-5,11-12,15H,6-10,18H2,1H3. The van der Waals surface area contributed by atoms with Gasteiger partial charge in [-0.25, -0.2) is 0 Å². The summed E-state index contributed by atoms with van der Waals surface area (Å²) >= 11 is 0. The zero-order chi connectivity index (χ0) is 14.5. The molecule has 0 aromatic heterocycles. The van der Waals surface area contributed by atoms with Crippen molar-refractivity contribution >= 4 is 0 Å². The molecule has 2 rings (SSSR count). The maximum absolute atomic E-state index is 12.1. The smallest absolute Gasteiger partial charge is 0.387 e. The number of likely N-dealkylation sites (tertiary alicyclic amines) is 1. The zero-order valence-electron chi connectivity index (χ0n) is 11.8. The second-order valence-corrected chi connectivity index (χ2v) is 5.34. The first kappa shape index (κ1) is 15.2. The molecule has 3 nitrogen and oxygen atoms in total. The minimum absolute atomic E-state index is 0.206. The van der Waals surface area contributed by atoms with Crippen LogP contribution in [0, 0.1) is 5.92 Å². The van der Waals surface area contributed by atoms with E-state index in [1.54, 1.807) is 12.1 Å². The predicted octanol–water partition coefficient (Wildman–Crippen LogP) is 3.02. The summed E-state index contributed by atoms with van der Waals surface area (Å²) in [5, 5.41) is 0. The number of hydrogen-bond acceptors (Lipinski definition) is 3. The van der Waals surface area contributed by atoms with Crippen molar-refractivity contribution in [3.8, 4) is 5.75 Å².